The van der Waals surface area contributed by atoms with Crippen LogP contribution >= 0.6 is 48.0 Å². The Labute approximate surface area is 188 Å². The summed E-state index contributed by atoms with van der Waals surface area (Å²) < 4.78 is 0. The van der Waals surface area contributed by atoms with Crippen LogP contribution in [0, 0.1) is 0 Å². The molecule has 0 aromatic heterocycles. The van der Waals surface area contributed by atoms with Gasteiger partial charge in [0.25, 0.3) is 0 Å². The minimum absolute atomic E-state index is 0. The van der Waals surface area contributed by atoms with Gasteiger partial charge < -0.3 is 12.3 Å². The van der Waals surface area contributed by atoms with Crippen molar-refractivity contribution in [1.82, 2.24) is 12.3 Å². The zero-order chi connectivity index (χ0) is 14.7. The molecule has 0 rings (SSSR count). The lowest BCUT2D eigenvalue weighted by atomic mass is 10.0. The molecule has 0 unspecified atom stereocenters. The summed E-state index contributed by atoms with van der Waals surface area (Å²) in [5, 5.41) is 0. The van der Waals surface area contributed by atoms with Crippen LogP contribution in [-0.2, 0) is 0 Å². The van der Waals surface area contributed by atoms with E-state index >= 15 is 0 Å². The first kappa shape index (κ1) is 36.1. The van der Waals surface area contributed by atoms with E-state index < -0.39 is 0 Å². The fraction of sp³-hybridized carbons (Fsp3) is 0.900. The minimum Gasteiger partial charge on any atom is -0.344 e. The predicted octanol–water partition coefficient (Wildman–Crippen LogP) is 9.38. The van der Waals surface area contributed by atoms with Gasteiger partial charge in [0.2, 0.25) is 0 Å². The van der Waals surface area contributed by atoms with Crippen molar-refractivity contribution in [3.63, 3.8) is 0 Å². The van der Waals surface area contributed by atoms with Gasteiger partial charge in [0.1, 0.15) is 0 Å². The molecule has 0 atom stereocenters. The molecule has 6 N–H and O–H groups in total. The molecule has 0 spiro atoms. The monoisotopic (exact) mass is 570 g/mol. The van der Waals surface area contributed by atoms with Crippen molar-refractivity contribution in [2.24, 2.45) is 0 Å². The quantitative estimate of drug-likeness (QED) is 0.104. The standard InChI is InChI=1S/C20H40.2HI.2H3N/c1-3-5-7-9-11-13-15-17-19-20-18-16-14-12-10-8-6-4-2;;;;/h3H,1,4-20H2,2H3;2*1H;2*1H3. The smallest absolute Gasteiger partial charge is 0.0353 e. The molecule has 0 amide bonds. The van der Waals surface area contributed by atoms with Crippen LogP contribution in [0.1, 0.15) is 116 Å². The molecule has 0 aromatic carbocycles. The summed E-state index contributed by atoms with van der Waals surface area (Å²) in [6, 6.07) is 0. The molecular weight excluding hydrogens is 522 g/mol. The Morgan fingerprint density at radius 1 is 0.500 bits per heavy atom. The summed E-state index contributed by atoms with van der Waals surface area (Å²) >= 11 is 0. The lowest BCUT2D eigenvalue weighted by molar-refractivity contribution is 0.530. The van der Waals surface area contributed by atoms with Crippen LogP contribution < -0.4 is 12.3 Å². The number of hydrogen-bond acceptors (Lipinski definition) is 2. The Balaban J connectivity index is -0.000000301. The Morgan fingerprint density at radius 3 is 1.00 bits per heavy atom. The lowest BCUT2D eigenvalue weighted by Gasteiger charge is -2.03. The van der Waals surface area contributed by atoms with Crippen LogP contribution in [-0.4, -0.2) is 0 Å². The van der Waals surface area contributed by atoms with E-state index in [0.717, 1.165) is 0 Å². The van der Waals surface area contributed by atoms with Crippen molar-refractivity contribution in [2.75, 3.05) is 0 Å². The van der Waals surface area contributed by atoms with Crippen LogP contribution in [0.3, 0.4) is 0 Å². The van der Waals surface area contributed by atoms with E-state index in [1.165, 1.54) is 109 Å². The molecule has 4 heteroatoms. The minimum atomic E-state index is 0. The van der Waals surface area contributed by atoms with Crippen LogP contribution in [0.25, 0.3) is 0 Å². The first-order valence-corrected chi connectivity index (χ1v) is 9.52. The Bertz CT molecular complexity index is 190. The third-order valence-electron chi connectivity index (χ3n) is 4.26. The topological polar surface area (TPSA) is 70.0 Å². The maximum Gasteiger partial charge on any atom is -0.0353 e. The number of hydrogen-bond donors (Lipinski definition) is 2. The van der Waals surface area contributed by atoms with Crippen molar-refractivity contribution in [1.29, 1.82) is 0 Å². The predicted molar refractivity (Wildman–Crippen MR) is 135 cm³/mol. The highest BCUT2D eigenvalue weighted by Crippen LogP contribution is 2.13. The maximum absolute atomic E-state index is 3.77. The number of allylic oxidation sites excluding steroid dienone is 1. The van der Waals surface area contributed by atoms with Gasteiger partial charge in [0, 0.05) is 0 Å². The van der Waals surface area contributed by atoms with Gasteiger partial charge in [-0.3, -0.25) is 0 Å². The van der Waals surface area contributed by atoms with E-state index in [2.05, 4.69) is 13.5 Å². The average Bonchev–Trinajstić information content (AvgIpc) is 2.47. The molecule has 24 heavy (non-hydrogen) atoms. The van der Waals surface area contributed by atoms with Gasteiger partial charge in [0.15, 0.2) is 0 Å². The first-order valence-electron chi connectivity index (χ1n) is 9.52. The van der Waals surface area contributed by atoms with Crippen LogP contribution in [0.5, 0.6) is 0 Å². The van der Waals surface area contributed by atoms with Crippen LogP contribution in [0.2, 0.25) is 0 Å². The van der Waals surface area contributed by atoms with Crippen LogP contribution in [0.4, 0.5) is 0 Å². The summed E-state index contributed by atoms with van der Waals surface area (Å²) in [5.41, 5.74) is 0. The molecule has 0 radical (unpaired) electrons. The Morgan fingerprint density at radius 2 is 0.750 bits per heavy atom. The second kappa shape index (κ2) is 35.3. The van der Waals surface area contributed by atoms with Crippen molar-refractivity contribution >= 4 is 48.0 Å². The lowest BCUT2D eigenvalue weighted by Crippen LogP contribution is -1.83. The van der Waals surface area contributed by atoms with Gasteiger partial charge in [-0.15, -0.1) is 54.5 Å². The molecule has 0 aromatic rings. The van der Waals surface area contributed by atoms with Gasteiger partial charge in [-0.1, -0.05) is 109 Å². The van der Waals surface area contributed by atoms with Gasteiger partial charge in [0.05, 0.1) is 0 Å². The fourth-order valence-corrected chi connectivity index (χ4v) is 2.84. The molecule has 0 fully saturated rings. The number of rotatable bonds is 17. The largest absolute Gasteiger partial charge is 0.344 e. The third-order valence-corrected chi connectivity index (χ3v) is 4.26. The Kier molecular flexibility index (Phi) is 53.0. The summed E-state index contributed by atoms with van der Waals surface area (Å²) in [5.74, 6) is 0. The highest BCUT2D eigenvalue weighted by Gasteiger charge is 1.94. The second-order valence-corrected chi connectivity index (χ2v) is 6.38. The molecule has 0 aliphatic carbocycles. The molecule has 0 aliphatic rings. The average molecular weight is 570 g/mol. The van der Waals surface area contributed by atoms with E-state index in [1.807, 2.05) is 6.08 Å². The van der Waals surface area contributed by atoms with E-state index in [-0.39, 0.29) is 60.3 Å². The van der Waals surface area contributed by atoms with Crippen molar-refractivity contribution in [2.45, 2.75) is 116 Å². The van der Waals surface area contributed by atoms with Crippen molar-refractivity contribution in [3.8, 4) is 0 Å². The summed E-state index contributed by atoms with van der Waals surface area (Å²) in [6.45, 7) is 6.06. The highest BCUT2D eigenvalue weighted by atomic mass is 127. The zero-order valence-corrected chi connectivity index (χ0v) is 21.2. The van der Waals surface area contributed by atoms with E-state index in [9.17, 15) is 0 Å². The molecule has 0 saturated heterocycles. The summed E-state index contributed by atoms with van der Waals surface area (Å²) in [7, 11) is 0. The SMILES string of the molecule is C=CCCCCCCCCCCCCCCCCCC.I.I.N.N. The van der Waals surface area contributed by atoms with Gasteiger partial charge in [-0.2, -0.15) is 0 Å². The second-order valence-electron chi connectivity index (χ2n) is 6.38. The number of unbranched alkanes of at least 4 members (excludes halogenated alkanes) is 16. The van der Waals surface area contributed by atoms with Crippen LogP contribution in [0.15, 0.2) is 12.7 Å². The van der Waals surface area contributed by atoms with Gasteiger partial charge >= 0.3 is 0 Å². The highest BCUT2D eigenvalue weighted by molar-refractivity contribution is 14.0. The van der Waals surface area contributed by atoms with Gasteiger partial charge in [-0.05, 0) is 12.8 Å². The van der Waals surface area contributed by atoms with E-state index in [1.54, 1.807) is 0 Å². The van der Waals surface area contributed by atoms with Gasteiger partial charge in [-0.25, -0.2) is 0 Å². The number of halogens is 2. The van der Waals surface area contributed by atoms with E-state index in [4.69, 9.17) is 0 Å². The normalized spacial score (nSPS) is 9.04. The van der Waals surface area contributed by atoms with Crippen molar-refractivity contribution < 1.29 is 0 Å². The molecule has 2 nitrogen and oxygen atoms in total. The maximum atomic E-state index is 3.77. The fourth-order valence-electron chi connectivity index (χ4n) is 2.84. The summed E-state index contributed by atoms with van der Waals surface area (Å²) in [4.78, 5) is 0. The molecule has 152 valence electrons. The molecule has 0 saturated carbocycles. The zero-order valence-electron chi connectivity index (χ0n) is 16.5. The molecule has 0 heterocycles. The van der Waals surface area contributed by atoms with Crippen molar-refractivity contribution in [3.05, 3.63) is 12.7 Å². The Hall–Kier alpha value is 1.12. The first-order chi connectivity index (χ1) is 9.91. The molecule has 0 aliphatic heterocycles. The summed E-state index contributed by atoms with van der Waals surface area (Å²) in [6.07, 6.45) is 26.4. The third kappa shape index (κ3) is 34.5. The van der Waals surface area contributed by atoms with E-state index in [0.29, 0.717) is 0 Å². The molecule has 0 bridgehead atoms. The molecular formula is C20H48I2N2.